The standard InChI is InChI=1S/C14H15BrN2O3/c15-8-3-4-10(14(19)20)11(6-8)17-5-1-2-9-12(17)7-16-13(9)18/h3-4,6,9,12H,1-2,5,7H2,(H,16,18)(H,19,20). The summed E-state index contributed by atoms with van der Waals surface area (Å²) in [5.41, 5.74) is 0.978. The summed E-state index contributed by atoms with van der Waals surface area (Å²) in [6, 6.07) is 5.22. The second-order valence-corrected chi connectivity index (χ2v) is 6.14. The van der Waals surface area contributed by atoms with Gasteiger partial charge in [0, 0.05) is 17.6 Å². The first-order chi connectivity index (χ1) is 9.58. The summed E-state index contributed by atoms with van der Waals surface area (Å²) < 4.78 is 0.844. The van der Waals surface area contributed by atoms with Gasteiger partial charge in [0.15, 0.2) is 0 Å². The molecule has 2 saturated heterocycles. The number of nitrogens with zero attached hydrogens (tertiary/aromatic N) is 1. The fourth-order valence-corrected chi connectivity index (χ4v) is 3.52. The Bertz CT molecular complexity index is 576. The Morgan fingerprint density at radius 1 is 1.45 bits per heavy atom. The molecule has 3 rings (SSSR count). The molecule has 2 unspecified atom stereocenters. The summed E-state index contributed by atoms with van der Waals surface area (Å²) in [4.78, 5) is 25.3. The first kappa shape index (κ1) is 13.4. The molecule has 0 radical (unpaired) electrons. The van der Waals surface area contributed by atoms with E-state index in [1.54, 1.807) is 12.1 Å². The van der Waals surface area contributed by atoms with Gasteiger partial charge >= 0.3 is 5.97 Å². The lowest BCUT2D eigenvalue weighted by Crippen LogP contribution is -2.46. The fourth-order valence-electron chi connectivity index (χ4n) is 3.17. The van der Waals surface area contributed by atoms with Crippen LogP contribution >= 0.6 is 15.9 Å². The van der Waals surface area contributed by atoms with Crippen molar-refractivity contribution < 1.29 is 14.7 Å². The predicted molar refractivity (Wildman–Crippen MR) is 78.0 cm³/mol. The smallest absolute Gasteiger partial charge is 0.337 e. The normalized spacial score (nSPS) is 25.2. The van der Waals surface area contributed by atoms with Gasteiger partial charge in [-0.25, -0.2) is 4.79 Å². The molecule has 1 amide bonds. The largest absolute Gasteiger partial charge is 0.478 e. The summed E-state index contributed by atoms with van der Waals surface area (Å²) >= 11 is 3.39. The molecule has 2 atom stereocenters. The molecule has 6 heteroatoms. The molecule has 5 nitrogen and oxygen atoms in total. The molecule has 106 valence electrons. The minimum atomic E-state index is -0.938. The SMILES string of the molecule is O=C(O)c1ccc(Br)cc1N1CCCC2C(=O)NCC21. The number of amides is 1. The highest BCUT2D eigenvalue weighted by molar-refractivity contribution is 9.10. The van der Waals surface area contributed by atoms with Crippen LogP contribution in [0.25, 0.3) is 0 Å². The van der Waals surface area contributed by atoms with Crippen molar-refractivity contribution in [2.45, 2.75) is 18.9 Å². The molecule has 20 heavy (non-hydrogen) atoms. The Labute approximate surface area is 125 Å². The maximum atomic E-state index is 11.8. The number of carboxylic acids is 1. The summed E-state index contributed by atoms with van der Waals surface area (Å²) in [6.07, 6.45) is 1.78. The van der Waals surface area contributed by atoms with E-state index in [4.69, 9.17) is 0 Å². The molecule has 0 aliphatic carbocycles. The lowest BCUT2D eigenvalue weighted by Gasteiger charge is -2.38. The van der Waals surface area contributed by atoms with Crippen LogP contribution in [-0.2, 0) is 4.79 Å². The minimum absolute atomic E-state index is 0.0237. The Hall–Kier alpha value is -1.56. The number of aromatic carboxylic acids is 1. The molecular weight excluding hydrogens is 324 g/mol. The predicted octanol–water partition coefficient (Wildman–Crippen LogP) is 1.86. The maximum Gasteiger partial charge on any atom is 0.337 e. The second kappa shape index (κ2) is 5.09. The lowest BCUT2D eigenvalue weighted by molar-refractivity contribution is -0.122. The third-order valence-corrected chi connectivity index (χ3v) is 4.59. The van der Waals surface area contributed by atoms with Crippen LogP contribution in [0.2, 0.25) is 0 Å². The number of carbonyl (C=O) groups is 2. The van der Waals surface area contributed by atoms with Crippen molar-refractivity contribution in [3.63, 3.8) is 0 Å². The van der Waals surface area contributed by atoms with Crippen LogP contribution in [0.4, 0.5) is 5.69 Å². The molecule has 2 aliphatic rings. The number of nitrogens with one attached hydrogen (secondary N) is 1. The number of halogens is 1. The number of carboxylic acid groups (broad SMARTS) is 1. The highest BCUT2D eigenvalue weighted by Gasteiger charge is 2.41. The maximum absolute atomic E-state index is 11.8. The molecule has 2 N–H and O–H groups in total. The van der Waals surface area contributed by atoms with E-state index in [-0.39, 0.29) is 23.4 Å². The molecule has 2 fully saturated rings. The number of benzene rings is 1. The van der Waals surface area contributed by atoms with E-state index in [2.05, 4.69) is 26.1 Å². The molecule has 2 heterocycles. The summed E-state index contributed by atoms with van der Waals surface area (Å²) in [7, 11) is 0. The van der Waals surface area contributed by atoms with Crippen molar-refractivity contribution >= 4 is 33.5 Å². The summed E-state index contributed by atoms with van der Waals surface area (Å²) in [5, 5.41) is 12.2. The second-order valence-electron chi connectivity index (χ2n) is 5.22. The van der Waals surface area contributed by atoms with E-state index in [1.165, 1.54) is 0 Å². The van der Waals surface area contributed by atoms with E-state index in [0.29, 0.717) is 12.2 Å². The first-order valence-electron chi connectivity index (χ1n) is 6.65. The minimum Gasteiger partial charge on any atom is -0.478 e. The number of rotatable bonds is 2. The molecule has 1 aromatic rings. The van der Waals surface area contributed by atoms with Gasteiger partial charge in [0.2, 0.25) is 5.91 Å². The van der Waals surface area contributed by atoms with Crippen molar-refractivity contribution in [1.29, 1.82) is 0 Å². The van der Waals surface area contributed by atoms with E-state index in [1.807, 2.05) is 6.07 Å². The topological polar surface area (TPSA) is 69.6 Å². The number of anilines is 1. The summed E-state index contributed by atoms with van der Waals surface area (Å²) in [5.74, 6) is -0.872. The molecule has 0 spiro atoms. The number of hydrogen-bond acceptors (Lipinski definition) is 3. The molecule has 0 bridgehead atoms. The Morgan fingerprint density at radius 2 is 2.25 bits per heavy atom. The van der Waals surface area contributed by atoms with Crippen LogP contribution in [0.5, 0.6) is 0 Å². The van der Waals surface area contributed by atoms with Crippen LogP contribution in [0.1, 0.15) is 23.2 Å². The van der Waals surface area contributed by atoms with Crippen LogP contribution in [0.15, 0.2) is 22.7 Å². The number of hydrogen-bond donors (Lipinski definition) is 2. The quantitative estimate of drug-likeness (QED) is 0.863. The number of carbonyl (C=O) groups excluding carboxylic acids is 1. The zero-order valence-corrected chi connectivity index (χ0v) is 12.4. The van der Waals surface area contributed by atoms with Gasteiger partial charge in [0.05, 0.1) is 23.2 Å². The Balaban J connectivity index is 2.01. The van der Waals surface area contributed by atoms with Crippen molar-refractivity contribution in [3.05, 3.63) is 28.2 Å². The van der Waals surface area contributed by atoms with Crippen molar-refractivity contribution in [1.82, 2.24) is 5.32 Å². The van der Waals surface area contributed by atoms with Gasteiger partial charge in [-0.15, -0.1) is 0 Å². The monoisotopic (exact) mass is 338 g/mol. The molecular formula is C14H15BrN2O3. The van der Waals surface area contributed by atoms with E-state index in [0.717, 1.165) is 23.9 Å². The third-order valence-electron chi connectivity index (χ3n) is 4.10. The van der Waals surface area contributed by atoms with Crippen molar-refractivity contribution in [2.24, 2.45) is 5.92 Å². The van der Waals surface area contributed by atoms with Gasteiger partial charge in [0.25, 0.3) is 0 Å². The fraction of sp³-hybridized carbons (Fsp3) is 0.429. The van der Waals surface area contributed by atoms with Gasteiger partial charge in [-0.05, 0) is 31.0 Å². The highest BCUT2D eigenvalue weighted by atomic mass is 79.9. The first-order valence-corrected chi connectivity index (χ1v) is 7.44. The Morgan fingerprint density at radius 3 is 3.00 bits per heavy atom. The van der Waals surface area contributed by atoms with Gasteiger partial charge in [-0.2, -0.15) is 0 Å². The molecule has 0 saturated carbocycles. The van der Waals surface area contributed by atoms with Crippen LogP contribution in [0.3, 0.4) is 0 Å². The van der Waals surface area contributed by atoms with Gasteiger partial charge in [-0.1, -0.05) is 15.9 Å². The average Bonchev–Trinajstić information content (AvgIpc) is 2.80. The van der Waals surface area contributed by atoms with E-state index in [9.17, 15) is 14.7 Å². The Kier molecular flexibility index (Phi) is 3.41. The van der Waals surface area contributed by atoms with Gasteiger partial charge < -0.3 is 15.3 Å². The van der Waals surface area contributed by atoms with E-state index >= 15 is 0 Å². The van der Waals surface area contributed by atoms with Crippen LogP contribution in [0, 0.1) is 5.92 Å². The zero-order chi connectivity index (χ0) is 14.3. The number of fused-ring (bicyclic) bond motifs is 1. The lowest BCUT2D eigenvalue weighted by atomic mass is 9.90. The van der Waals surface area contributed by atoms with Gasteiger partial charge in [0.1, 0.15) is 0 Å². The number of piperidine rings is 1. The average molecular weight is 339 g/mol. The van der Waals surface area contributed by atoms with Crippen molar-refractivity contribution in [2.75, 3.05) is 18.0 Å². The summed E-state index contributed by atoms with van der Waals surface area (Å²) in [6.45, 7) is 1.38. The third kappa shape index (κ3) is 2.18. The highest BCUT2D eigenvalue weighted by Crippen LogP contribution is 2.34. The zero-order valence-electron chi connectivity index (χ0n) is 10.8. The van der Waals surface area contributed by atoms with Crippen molar-refractivity contribution in [3.8, 4) is 0 Å². The van der Waals surface area contributed by atoms with Gasteiger partial charge in [-0.3, -0.25) is 4.79 Å². The van der Waals surface area contributed by atoms with Crippen LogP contribution in [-0.4, -0.2) is 36.1 Å². The molecule has 1 aromatic carbocycles. The molecule has 2 aliphatic heterocycles. The van der Waals surface area contributed by atoms with Crippen LogP contribution < -0.4 is 10.2 Å². The molecule has 0 aromatic heterocycles. The van der Waals surface area contributed by atoms with E-state index < -0.39 is 5.97 Å².